The van der Waals surface area contributed by atoms with Gasteiger partial charge in [0.1, 0.15) is 0 Å². The molecule has 0 heteroatoms. The van der Waals surface area contributed by atoms with E-state index in [1.54, 1.807) is 0 Å². The lowest BCUT2D eigenvalue weighted by Crippen LogP contribution is -2.12. The van der Waals surface area contributed by atoms with E-state index in [-0.39, 0.29) is 0 Å². The summed E-state index contributed by atoms with van der Waals surface area (Å²) < 4.78 is 0. The predicted molar refractivity (Wildman–Crippen MR) is 138 cm³/mol. The summed E-state index contributed by atoms with van der Waals surface area (Å²) >= 11 is 0. The zero-order valence-electron chi connectivity index (χ0n) is 22.2. The van der Waals surface area contributed by atoms with E-state index < -0.39 is 0 Å². The van der Waals surface area contributed by atoms with Crippen LogP contribution in [0.25, 0.3) is 0 Å². The van der Waals surface area contributed by atoms with Crippen LogP contribution in [0.4, 0.5) is 0 Å². The molecule has 1 aliphatic carbocycles. The first kappa shape index (κ1) is 28.0. The molecule has 0 N–H and O–H groups in total. The summed E-state index contributed by atoms with van der Waals surface area (Å²) in [6.45, 7) is 14.7. The maximum Gasteiger partial charge on any atom is -0.0417 e. The zero-order valence-corrected chi connectivity index (χ0v) is 22.2. The van der Waals surface area contributed by atoms with Gasteiger partial charge in [-0.1, -0.05) is 157 Å². The van der Waals surface area contributed by atoms with Crippen molar-refractivity contribution in [1.29, 1.82) is 0 Å². The minimum absolute atomic E-state index is 0.987. The van der Waals surface area contributed by atoms with Gasteiger partial charge >= 0.3 is 0 Å². The van der Waals surface area contributed by atoms with E-state index in [1.807, 2.05) is 0 Å². The Morgan fingerprint density at radius 3 is 0.433 bits per heavy atom. The van der Waals surface area contributed by atoms with E-state index in [0.717, 1.165) is 35.5 Å². The Kier molecular flexibility index (Phi) is 16.4. The van der Waals surface area contributed by atoms with E-state index in [9.17, 15) is 0 Å². The van der Waals surface area contributed by atoms with Crippen molar-refractivity contribution in [1.82, 2.24) is 0 Å². The Labute approximate surface area is 192 Å². The molecule has 0 aromatic heterocycles. The van der Waals surface area contributed by atoms with Gasteiger partial charge in [0, 0.05) is 0 Å². The molecule has 0 radical (unpaired) electrons. The second-order valence-electron chi connectivity index (χ2n) is 11.1. The Balaban J connectivity index is 2.78. The van der Waals surface area contributed by atoms with Crippen LogP contribution >= 0.6 is 0 Å². The van der Waals surface area contributed by atoms with Gasteiger partial charge in [0.05, 0.1) is 0 Å². The summed E-state index contributed by atoms with van der Waals surface area (Å²) in [7, 11) is 0. The number of rotatable bonds is 6. The summed E-state index contributed by atoms with van der Waals surface area (Å²) in [6, 6.07) is 0. The van der Waals surface area contributed by atoms with Crippen LogP contribution < -0.4 is 0 Å². The van der Waals surface area contributed by atoms with E-state index in [2.05, 4.69) is 41.5 Å². The lowest BCUT2D eigenvalue weighted by Gasteiger charge is -2.26. The summed E-state index contributed by atoms with van der Waals surface area (Å²) in [5, 5.41) is 0. The minimum atomic E-state index is 0.987. The van der Waals surface area contributed by atoms with Gasteiger partial charge in [-0.05, 0) is 35.5 Å². The molecule has 0 saturated heterocycles. The van der Waals surface area contributed by atoms with Crippen molar-refractivity contribution in [2.24, 2.45) is 35.5 Å². The van der Waals surface area contributed by atoms with Crippen molar-refractivity contribution < 1.29 is 0 Å². The lowest BCUT2D eigenvalue weighted by molar-refractivity contribution is 0.264. The predicted octanol–water partition coefficient (Wildman–Crippen LogP) is 10.8. The van der Waals surface area contributed by atoms with Crippen LogP contribution in [-0.2, 0) is 0 Å². The first-order valence-corrected chi connectivity index (χ1v) is 14.6. The molecule has 0 amide bonds. The normalized spacial score (nSPS) is 34.2. The van der Waals surface area contributed by atoms with E-state index in [4.69, 9.17) is 0 Å². The maximum atomic E-state index is 2.45. The van der Waals surface area contributed by atoms with Crippen molar-refractivity contribution in [2.75, 3.05) is 0 Å². The molecular formula is C30H60. The fourth-order valence-electron chi connectivity index (χ4n) is 6.14. The topological polar surface area (TPSA) is 0 Å². The fourth-order valence-corrected chi connectivity index (χ4v) is 6.14. The van der Waals surface area contributed by atoms with Gasteiger partial charge in [-0.2, -0.15) is 0 Å². The van der Waals surface area contributed by atoms with Gasteiger partial charge in [-0.3, -0.25) is 0 Å². The molecule has 1 saturated carbocycles. The second-order valence-corrected chi connectivity index (χ2v) is 11.1. The molecule has 0 atom stereocenters. The van der Waals surface area contributed by atoms with Crippen molar-refractivity contribution in [3.05, 3.63) is 0 Å². The highest BCUT2D eigenvalue weighted by atomic mass is 14.2. The second kappa shape index (κ2) is 17.5. The third-order valence-electron chi connectivity index (χ3n) is 9.36. The molecule has 0 spiro atoms. The van der Waals surface area contributed by atoms with Gasteiger partial charge in [0.2, 0.25) is 0 Å². The molecule has 180 valence electrons. The highest BCUT2D eigenvalue weighted by Crippen LogP contribution is 2.33. The summed E-state index contributed by atoms with van der Waals surface area (Å²) in [5.74, 6) is 5.92. The summed E-state index contributed by atoms with van der Waals surface area (Å²) in [4.78, 5) is 0. The molecule has 1 aliphatic rings. The van der Waals surface area contributed by atoms with Crippen LogP contribution in [-0.4, -0.2) is 0 Å². The van der Waals surface area contributed by atoms with Crippen molar-refractivity contribution in [3.63, 3.8) is 0 Å². The van der Waals surface area contributed by atoms with Crippen molar-refractivity contribution in [3.8, 4) is 0 Å². The third-order valence-corrected chi connectivity index (χ3v) is 9.36. The molecule has 0 aliphatic heterocycles. The molecule has 0 aromatic carbocycles. The zero-order chi connectivity index (χ0) is 22.2. The molecule has 0 unspecified atom stereocenters. The summed E-state index contributed by atoms with van der Waals surface area (Å²) in [5.41, 5.74) is 0. The maximum absolute atomic E-state index is 2.45. The van der Waals surface area contributed by atoms with Gasteiger partial charge in [-0.25, -0.2) is 0 Å². The van der Waals surface area contributed by atoms with Crippen LogP contribution in [0.3, 0.4) is 0 Å². The smallest absolute Gasteiger partial charge is 0.0417 e. The SMILES string of the molecule is CCC1CCC(CC)CCC(CC)CCC(CC)CCC(CC)CCC(CC)CC1. The van der Waals surface area contributed by atoms with Crippen LogP contribution in [0.1, 0.15) is 157 Å². The highest BCUT2D eigenvalue weighted by molar-refractivity contribution is 4.72. The van der Waals surface area contributed by atoms with Crippen LogP contribution in [0.15, 0.2) is 0 Å². The van der Waals surface area contributed by atoms with Gasteiger partial charge < -0.3 is 0 Å². The Morgan fingerprint density at radius 2 is 0.367 bits per heavy atom. The fraction of sp³-hybridized carbons (Fsp3) is 1.00. The van der Waals surface area contributed by atoms with E-state index in [1.165, 1.54) is 116 Å². The number of hydrogen-bond acceptors (Lipinski definition) is 0. The number of hydrogen-bond donors (Lipinski definition) is 0. The quantitative estimate of drug-likeness (QED) is 0.400. The van der Waals surface area contributed by atoms with Crippen LogP contribution in [0, 0.1) is 35.5 Å². The third kappa shape index (κ3) is 11.6. The van der Waals surface area contributed by atoms with E-state index in [0.29, 0.717) is 0 Å². The molecule has 1 rings (SSSR count). The Bertz CT molecular complexity index is 255. The largest absolute Gasteiger partial charge is 0.0651 e. The van der Waals surface area contributed by atoms with Crippen LogP contribution in [0.5, 0.6) is 0 Å². The summed E-state index contributed by atoms with van der Waals surface area (Å²) in [6.07, 6.45) is 26.4. The monoisotopic (exact) mass is 420 g/mol. The standard InChI is InChI=1S/C30H60/c1-7-25-13-15-26(8-2)17-19-28(10-4)21-23-30(12-6)24-22-29(11-5)20-18-27(9-3)16-14-25/h25-30H,7-24H2,1-6H3. The molecule has 0 aromatic rings. The lowest BCUT2D eigenvalue weighted by atomic mass is 9.80. The molecule has 0 heterocycles. The average molecular weight is 421 g/mol. The van der Waals surface area contributed by atoms with Crippen LogP contribution in [0.2, 0.25) is 0 Å². The first-order valence-electron chi connectivity index (χ1n) is 14.6. The molecule has 0 bridgehead atoms. The average Bonchev–Trinajstić information content (AvgIpc) is 2.78. The molecular weight excluding hydrogens is 360 g/mol. The Morgan fingerprint density at radius 1 is 0.267 bits per heavy atom. The minimum Gasteiger partial charge on any atom is -0.0651 e. The Hall–Kier alpha value is 0. The van der Waals surface area contributed by atoms with Gasteiger partial charge in [0.25, 0.3) is 0 Å². The van der Waals surface area contributed by atoms with E-state index >= 15 is 0 Å². The van der Waals surface area contributed by atoms with Gasteiger partial charge in [-0.15, -0.1) is 0 Å². The van der Waals surface area contributed by atoms with Gasteiger partial charge in [0.15, 0.2) is 0 Å². The first-order chi connectivity index (χ1) is 14.6. The van der Waals surface area contributed by atoms with Crippen molar-refractivity contribution in [2.45, 2.75) is 157 Å². The molecule has 0 nitrogen and oxygen atoms in total. The van der Waals surface area contributed by atoms with Crippen molar-refractivity contribution >= 4 is 0 Å². The highest BCUT2D eigenvalue weighted by Gasteiger charge is 2.19. The molecule has 30 heavy (non-hydrogen) atoms. The molecule has 1 fully saturated rings.